The summed E-state index contributed by atoms with van der Waals surface area (Å²) < 4.78 is 18.9. The number of rotatable bonds is 8. The Hall–Kier alpha value is -2.56. The molecule has 1 aliphatic heterocycles. The zero-order valence-corrected chi connectivity index (χ0v) is 18.7. The van der Waals surface area contributed by atoms with Crippen LogP contribution in [0.4, 0.5) is 4.39 Å². The van der Waals surface area contributed by atoms with Crippen LogP contribution in [0.5, 0.6) is 0 Å². The van der Waals surface area contributed by atoms with Gasteiger partial charge in [-0.2, -0.15) is 0 Å². The number of halogens is 1. The van der Waals surface area contributed by atoms with E-state index in [9.17, 15) is 9.18 Å². The number of aryl methyl sites for hydroxylation is 1. The largest absolute Gasteiger partial charge is 0.379 e. The maximum absolute atomic E-state index is 13.4. The van der Waals surface area contributed by atoms with Crippen LogP contribution in [0.25, 0.3) is 0 Å². The molecule has 2 aromatic rings. The number of aromatic nitrogens is 1. The van der Waals surface area contributed by atoms with E-state index in [4.69, 9.17) is 4.74 Å². The molecule has 1 aromatic heterocycles. The number of guanidine groups is 1. The van der Waals surface area contributed by atoms with Gasteiger partial charge in [-0.25, -0.2) is 9.37 Å². The van der Waals surface area contributed by atoms with Crippen molar-refractivity contribution in [3.05, 3.63) is 51.7 Å². The number of ether oxygens (including phenoxy) is 1. The van der Waals surface area contributed by atoms with E-state index in [0.717, 1.165) is 24.3 Å². The molecule has 10 heteroatoms. The van der Waals surface area contributed by atoms with E-state index < -0.39 is 0 Å². The van der Waals surface area contributed by atoms with Crippen molar-refractivity contribution in [1.29, 1.82) is 0 Å². The summed E-state index contributed by atoms with van der Waals surface area (Å²) in [6.07, 6.45) is 0. The van der Waals surface area contributed by atoms with Crippen LogP contribution in [0.1, 0.15) is 27.0 Å². The number of nitrogens with one attached hydrogen (secondary N) is 3. The lowest BCUT2D eigenvalue weighted by molar-refractivity contribution is 0.0170. The topological polar surface area (TPSA) is 90.9 Å². The first-order valence-electron chi connectivity index (χ1n) is 10.3. The van der Waals surface area contributed by atoms with Gasteiger partial charge in [0.15, 0.2) is 5.96 Å². The Labute approximate surface area is 185 Å². The van der Waals surface area contributed by atoms with Crippen molar-refractivity contribution in [1.82, 2.24) is 25.8 Å². The highest BCUT2D eigenvalue weighted by Gasteiger charge is 2.23. The van der Waals surface area contributed by atoms with E-state index in [-0.39, 0.29) is 17.8 Å². The van der Waals surface area contributed by atoms with Crippen molar-refractivity contribution >= 4 is 23.2 Å². The number of carbonyl (C=O) groups is 1. The molecule has 0 spiro atoms. The third-order valence-corrected chi connectivity index (χ3v) is 6.01. The second-order valence-corrected chi connectivity index (χ2v) is 7.97. The maximum Gasteiger partial charge on any atom is 0.263 e. The van der Waals surface area contributed by atoms with Crippen molar-refractivity contribution in [2.75, 3.05) is 53.0 Å². The van der Waals surface area contributed by atoms with Gasteiger partial charge in [-0.05, 0) is 24.6 Å². The zero-order valence-electron chi connectivity index (χ0n) is 17.9. The number of thiazole rings is 1. The van der Waals surface area contributed by atoms with Gasteiger partial charge in [0.2, 0.25) is 0 Å². The van der Waals surface area contributed by atoms with Crippen LogP contribution in [0.3, 0.4) is 0 Å². The van der Waals surface area contributed by atoms with Gasteiger partial charge in [-0.3, -0.25) is 14.7 Å². The van der Waals surface area contributed by atoms with Crippen molar-refractivity contribution in [2.24, 2.45) is 4.99 Å². The molecule has 1 unspecified atom stereocenters. The molecular weight excluding hydrogens is 419 g/mol. The molecule has 0 bridgehead atoms. The Morgan fingerprint density at radius 2 is 1.94 bits per heavy atom. The van der Waals surface area contributed by atoms with Crippen LogP contribution in [0.15, 0.2) is 34.8 Å². The molecule has 1 saturated heterocycles. The highest BCUT2D eigenvalue weighted by atomic mass is 32.1. The van der Waals surface area contributed by atoms with Crippen molar-refractivity contribution in [3.63, 3.8) is 0 Å². The predicted molar refractivity (Wildman–Crippen MR) is 120 cm³/mol. The smallest absolute Gasteiger partial charge is 0.263 e. The number of hydrogen-bond donors (Lipinski definition) is 3. The summed E-state index contributed by atoms with van der Waals surface area (Å²) in [4.78, 5) is 23.5. The zero-order chi connectivity index (χ0) is 22.1. The van der Waals surface area contributed by atoms with Crippen LogP contribution in [0, 0.1) is 12.7 Å². The van der Waals surface area contributed by atoms with Crippen molar-refractivity contribution in [2.45, 2.75) is 13.0 Å². The second kappa shape index (κ2) is 11.7. The number of morpholine rings is 1. The summed E-state index contributed by atoms with van der Waals surface area (Å²) in [5.41, 5.74) is 3.45. The number of carbonyl (C=O) groups excluding carboxylic acids is 1. The third-order valence-electron chi connectivity index (χ3n) is 5.08. The van der Waals surface area contributed by atoms with E-state index in [1.165, 1.54) is 23.5 Å². The van der Waals surface area contributed by atoms with Gasteiger partial charge in [0.25, 0.3) is 5.91 Å². The summed E-state index contributed by atoms with van der Waals surface area (Å²) in [6, 6.07) is 6.69. The molecule has 1 atom stereocenters. The molecule has 3 N–H and O–H groups in total. The first kappa shape index (κ1) is 23.1. The quantitative estimate of drug-likeness (QED) is 0.323. The molecule has 1 fully saturated rings. The Morgan fingerprint density at radius 3 is 2.58 bits per heavy atom. The summed E-state index contributed by atoms with van der Waals surface area (Å²) in [5.74, 6) is 0.280. The van der Waals surface area contributed by atoms with Crippen LogP contribution in [-0.4, -0.2) is 74.7 Å². The number of benzene rings is 1. The molecule has 0 saturated carbocycles. The van der Waals surface area contributed by atoms with E-state index in [1.54, 1.807) is 12.6 Å². The molecule has 1 aromatic carbocycles. The summed E-state index contributed by atoms with van der Waals surface area (Å²) >= 11 is 1.33. The first-order valence-corrected chi connectivity index (χ1v) is 11.2. The Balaban J connectivity index is 1.50. The maximum atomic E-state index is 13.4. The monoisotopic (exact) mass is 448 g/mol. The minimum Gasteiger partial charge on any atom is -0.379 e. The van der Waals surface area contributed by atoms with Gasteiger partial charge in [0.1, 0.15) is 10.7 Å². The highest BCUT2D eigenvalue weighted by molar-refractivity contribution is 7.11. The molecule has 168 valence electrons. The molecule has 0 radical (unpaired) electrons. The SMILES string of the molecule is CN=C(NCCNC(=O)c1scnc1C)NCC(c1ccc(F)cc1)N1CCOCC1. The van der Waals surface area contributed by atoms with Crippen LogP contribution in [0.2, 0.25) is 0 Å². The van der Waals surface area contributed by atoms with Crippen molar-refractivity contribution < 1.29 is 13.9 Å². The normalized spacial score (nSPS) is 16.0. The van der Waals surface area contributed by atoms with Crippen molar-refractivity contribution in [3.8, 4) is 0 Å². The van der Waals surface area contributed by atoms with Crippen LogP contribution in [-0.2, 0) is 4.74 Å². The second-order valence-electron chi connectivity index (χ2n) is 7.12. The molecule has 31 heavy (non-hydrogen) atoms. The standard InChI is InChI=1S/C21H29FN6O2S/c1-15-19(31-14-27-15)20(29)24-7-8-25-21(23-2)26-13-18(28-9-11-30-12-10-28)16-3-5-17(22)6-4-16/h3-6,14,18H,7-13H2,1-2H3,(H,24,29)(H2,23,25,26). The molecule has 2 heterocycles. The van der Waals surface area contributed by atoms with E-state index >= 15 is 0 Å². The van der Waals surface area contributed by atoms with E-state index in [2.05, 4.69) is 30.8 Å². The molecule has 8 nitrogen and oxygen atoms in total. The molecular formula is C21H29FN6O2S. The van der Waals surface area contributed by atoms with Crippen LogP contribution < -0.4 is 16.0 Å². The average Bonchev–Trinajstić information content (AvgIpc) is 3.23. The lowest BCUT2D eigenvalue weighted by Gasteiger charge is -2.35. The Kier molecular flexibility index (Phi) is 8.74. The predicted octanol–water partition coefficient (Wildman–Crippen LogP) is 1.56. The number of aliphatic imine (C=N–C) groups is 1. The fourth-order valence-electron chi connectivity index (χ4n) is 3.40. The number of nitrogens with zero attached hydrogens (tertiary/aromatic N) is 3. The molecule has 3 rings (SSSR count). The fourth-order valence-corrected chi connectivity index (χ4v) is 4.12. The fraction of sp³-hybridized carbons (Fsp3) is 0.476. The van der Waals surface area contributed by atoms with Crippen LogP contribution >= 0.6 is 11.3 Å². The van der Waals surface area contributed by atoms with Gasteiger partial charge in [0, 0.05) is 39.8 Å². The van der Waals surface area contributed by atoms with Gasteiger partial charge < -0.3 is 20.7 Å². The first-order chi connectivity index (χ1) is 15.1. The Bertz CT molecular complexity index is 867. The average molecular weight is 449 g/mol. The minimum atomic E-state index is -0.245. The summed E-state index contributed by atoms with van der Waals surface area (Å²) in [6.45, 7) is 6.42. The lowest BCUT2D eigenvalue weighted by atomic mass is 10.0. The number of amides is 1. The number of hydrogen-bond acceptors (Lipinski definition) is 6. The lowest BCUT2D eigenvalue weighted by Crippen LogP contribution is -2.47. The summed E-state index contributed by atoms with van der Waals surface area (Å²) in [7, 11) is 1.70. The molecule has 1 amide bonds. The highest BCUT2D eigenvalue weighted by Crippen LogP contribution is 2.21. The van der Waals surface area contributed by atoms with Gasteiger partial charge >= 0.3 is 0 Å². The Morgan fingerprint density at radius 1 is 1.23 bits per heavy atom. The third kappa shape index (κ3) is 6.71. The molecule has 1 aliphatic rings. The van der Waals surface area contributed by atoms with E-state index in [0.29, 0.717) is 43.7 Å². The van der Waals surface area contributed by atoms with Gasteiger partial charge in [0.05, 0.1) is 30.5 Å². The van der Waals surface area contributed by atoms with Gasteiger partial charge in [-0.15, -0.1) is 11.3 Å². The minimum absolute atomic E-state index is 0.0667. The van der Waals surface area contributed by atoms with Gasteiger partial charge in [-0.1, -0.05) is 12.1 Å². The summed E-state index contributed by atoms with van der Waals surface area (Å²) in [5, 5.41) is 9.44. The molecule has 0 aliphatic carbocycles. The van der Waals surface area contributed by atoms with E-state index in [1.807, 2.05) is 19.1 Å².